The second-order valence-electron chi connectivity index (χ2n) is 7.84. The lowest BCUT2D eigenvalue weighted by Crippen LogP contribution is -2.57. The van der Waals surface area contributed by atoms with E-state index in [2.05, 4.69) is 0 Å². The summed E-state index contributed by atoms with van der Waals surface area (Å²) >= 11 is 0. The third-order valence-electron chi connectivity index (χ3n) is 5.77. The Hall–Kier alpha value is -1.95. The van der Waals surface area contributed by atoms with Crippen molar-refractivity contribution in [1.29, 1.82) is 0 Å². The molecule has 1 heterocycles. The molecule has 1 saturated carbocycles. The summed E-state index contributed by atoms with van der Waals surface area (Å²) in [7, 11) is 0. The number of ether oxygens (including phenoxy) is 1. The first kappa shape index (κ1) is 20.8. The Labute approximate surface area is 166 Å². The van der Waals surface area contributed by atoms with E-state index in [-0.39, 0.29) is 24.0 Å². The Morgan fingerprint density at radius 3 is 2.46 bits per heavy atom. The first-order valence-electron chi connectivity index (χ1n) is 10.5. The zero-order valence-corrected chi connectivity index (χ0v) is 17.0. The SMILES string of the molecule is CCCN(CCC)C(=O)C1COC2(CCCCC2)N1C(=O)c1cccc(F)c1. The smallest absolute Gasteiger partial charge is 0.256 e. The number of benzene rings is 1. The van der Waals surface area contributed by atoms with Gasteiger partial charge in [0.25, 0.3) is 5.91 Å². The van der Waals surface area contributed by atoms with Crippen LogP contribution < -0.4 is 0 Å². The Morgan fingerprint density at radius 1 is 1.18 bits per heavy atom. The number of amides is 2. The van der Waals surface area contributed by atoms with E-state index in [0.717, 1.165) is 44.9 Å². The molecule has 6 heteroatoms. The third-order valence-corrected chi connectivity index (χ3v) is 5.77. The van der Waals surface area contributed by atoms with Crippen molar-refractivity contribution in [3.63, 3.8) is 0 Å². The van der Waals surface area contributed by atoms with E-state index in [0.29, 0.717) is 13.1 Å². The van der Waals surface area contributed by atoms with Crippen LogP contribution in [0.4, 0.5) is 4.39 Å². The monoisotopic (exact) mass is 390 g/mol. The van der Waals surface area contributed by atoms with Crippen LogP contribution in [0, 0.1) is 5.82 Å². The van der Waals surface area contributed by atoms with Gasteiger partial charge in [-0.1, -0.05) is 26.3 Å². The summed E-state index contributed by atoms with van der Waals surface area (Å²) in [6, 6.07) is 5.06. The summed E-state index contributed by atoms with van der Waals surface area (Å²) in [5.74, 6) is -0.828. The first-order valence-corrected chi connectivity index (χ1v) is 10.5. The van der Waals surface area contributed by atoms with Crippen molar-refractivity contribution in [2.24, 2.45) is 0 Å². The van der Waals surface area contributed by atoms with Crippen LogP contribution in [-0.4, -0.2) is 53.1 Å². The highest BCUT2D eigenvalue weighted by Crippen LogP contribution is 2.41. The minimum atomic E-state index is -0.744. The van der Waals surface area contributed by atoms with E-state index in [9.17, 15) is 14.0 Å². The minimum Gasteiger partial charge on any atom is -0.353 e. The maximum Gasteiger partial charge on any atom is 0.256 e. The fourth-order valence-electron chi connectivity index (χ4n) is 4.50. The van der Waals surface area contributed by atoms with Crippen LogP contribution in [-0.2, 0) is 9.53 Å². The minimum absolute atomic E-state index is 0.0594. The molecule has 2 aliphatic rings. The molecule has 2 amide bonds. The maximum absolute atomic E-state index is 13.8. The highest BCUT2D eigenvalue weighted by molar-refractivity contribution is 5.98. The van der Waals surface area contributed by atoms with Crippen molar-refractivity contribution in [3.8, 4) is 0 Å². The maximum atomic E-state index is 13.8. The number of hydrogen-bond acceptors (Lipinski definition) is 3. The Bertz CT molecular complexity index is 697. The lowest BCUT2D eigenvalue weighted by Gasteiger charge is -2.42. The van der Waals surface area contributed by atoms with Gasteiger partial charge in [-0.25, -0.2) is 4.39 Å². The Kier molecular flexibility index (Phi) is 6.70. The third kappa shape index (κ3) is 4.07. The molecular formula is C22H31FN2O3. The predicted octanol–water partition coefficient (Wildman–Crippen LogP) is 3.98. The molecule has 0 N–H and O–H groups in total. The second-order valence-corrected chi connectivity index (χ2v) is 7.84. The molecule has 2 fully saturated rings. The molecule has 1 spiro atoms. The van der Waals surface area contributed by atoms with Crippen molar-refractivity contribution >= 4 is 11.8 Å². The number of carbonyl (C=O) groups excluding carboxylic acids is 2. The molecule has 0 bridgehead atoms. The van der Waals surface area contributed by atoms with Crippen molar-refractivity contribution in [1.82, 2.24) is 9.80 Å². The molecule has 28 heavy (non-hydrogen) atoms. The van der Waals surface area contributed by atoms with Crippen LogP contribution >= 0.6 is 0 Å². The predicted molar refractivity (Wildman–Crippen MR) is 105 cm³/mol. The van der Waals surface area contributed by atoms with E-state index >= 15 is 0 Å². The summed E-state index contributed by atoms with van der Waals surface area (Å²) in [5, 5.41) is 0. The Morgan fingerprint density at radius 2 is 1.86 bits per heavy atom. The molecule has 1 aliphatic heterocycles. The van der Waals surface area contributed by atoms with E-state index in [1.165, 1.54) is 18.2 Å². The van der Waals surface area contributed by atoms with Crippen LogP contribution in [0.3, 0.4) is 0 Å². The van der Waals surface area contributed by atoms with Crippen LogP contribution in [0.1, 0.15) is 69.2 Å². The van der Waals surface area contributed by atoms with E-state index < -0.39 is 17.6 Å². The van der Waals surface area contributed by atoms with Crippen LogP contribution in [0.2, 0.25) is 0 Å². The molecule has 1 aromatic carbocycles. The number of nitrogens with zero attached hydrogens (tertiary/aromatic N) is 2. The van der Waals surface area contributed by atoms with Crippen LogP contribution in [0.5, 0.6) is 0 Å². The van der Waals surface area contributed by atoms with Gasteiger partial charge in [0.1, 0.15) is 17.6 Å². The average molecular weight is 390 g/mol. The fraction of sp³-hybridized carbons (Fsp3) is 0.636. The van der Waals surface area contributed by atoms with Crippen molar-refractivity contribution < 1.29 is 18.7 Å². The standard InChI is InChI=1S/C22H31FN2O3/c1-3-13-24(14-4-2)21(27)19-16-28-22(11-6-5-7-12-22)25(19)20(26)17-9-8-10-18(23)15-17/h8-10,15,19H,3-7,11-14,16H2,1-2H3. The molecule has 1 unspecified atom stereocenters. The van der Waals surface area contributed by atoms with Gasteiger partial charge in [-0.15, -0.1) is 0 Å². The van der Waals surface area contributed by atoms with Gasteiger partial charge in [0.15, 0.2) is 0 Å². The molecule has 1 saturated heterocycles. The topological polar surface area (TPSA) is 49.9 Å². The van der Waals surface area contributed by atoms with Crippen molar-refractivity contribution in [3.05, 3.63) is 35.6 Å². The van der Waals surface area contributed by atoms with Crippen LogP contribution in [0.15, 0.2) is 24.3 Å². The summed E-state index contributed by atoms with van der Waals surface area (Å²) < 4.78 is 19.9. The first-order chi connectivity index (χ1) is 13.5. The van der Waals surface area contributed by atoms with Gasteiger partial charge < -0.3 is 9.64 Å². The average Bonchev–Trinajstić information content (AvgIpc) is 3.05. The van der Waals surface area contributed by atoms with Gasteiger partial charge in [-0.3, -0.25) is 14.5 Å². The summed E-state index contributed by atoms with van der Waals surface area (Å²) in [4.78, 5) is 30.3. The summed E-state index contributed by atoms with van der Waals surface area (Å²) in [6.45, 7) is 5.62. The number of hydrogen-bond donors (Lipinski definition) is 0. The molecule has 5 nitrogen and oxygen atoms in total. The number of rotatable bonds is 6. The number of halogens is 1. The largest absolute Gasteiger partial charge is 0.353 e. The zero-order valence-electron chi connectivity index (χ0n) is 17.0. The molecule has 154 valence electrons. The molecule has 0 aromatic heterocycles. The van der Waals surface area contributed by atoms with Gasteiger partial charge in [0.2, 0.25) is 5.91 Å². The highest BCUT2D eigenvalue weighted by atomic mass is 19.1. The van der Waals surface area contributed by atoms with E-state index in [1.807, 2.05) is 18.7 Å². The van der Waals surface area contributed by atoms with Crippen LogP contribution in [0.25, 0.3) is 0 Å². The van der Waals surface area contributed by atoms with Crippen molar-refractivity contribution in [2.45, 2.75) is 70.6 Å². The van der Waals surface area contributed by atoms with Crippen molar-refractivity contribution in [2.75, 3.05) is 19.7 Å². The lowest BCUT2D eigenvalue weighted by molar-refractivity contribution is -0.137. The quantitative estimate of drug-likeness (QED) is 0.738. The zero-order chi connectivity index (χ0) is 20.1. The highest BCUT2D eigenvalue weighted by Gasteiger charge is 2.53. The van der Waals surface area contributed by atoms with E-state index in [1.54, 1.807) is 11.0 Å². The molecule has 1 atom stereocenters. The lowest BCUT2D eigenvalue weighted by atomic mass is 9.89. The number of carbonyl (C=O) groups is 2. The molecule has 1 aliphatic carbocycles. The molecule has 0 radical (unpaired) electrons. The fourth-order valence-corrected chi connectivity index (χ4v) is 4.50. The van der Waals surface area contributed by atoms with Gasteiger partial charge in [-0.05, 0) is 56.7 Å². The normalized spacial score (nSPS) is 21.1. The summed E-state index contributed by atoms with van der Waals surface area (Å²) in [6.07, 6.45) is 6.19. The Balaban J connectivity index is 1.94. The molecule has 1 aromatic rings. The summed E-state index contributed by atoms with van der Waals surface area (Å²) in [5.41, 5.74) is -0.475. The van der Waals surface area contributed by atoms with Gasteiger partial charge in [0.05, 0.1) is 6.61 Å². The van der Waals surface area contributed by atoms with E-state index in [4.69, 9.17) is 4.74 Å². The molecular weight excluding hydrogens is 359 g/mol. The molecule has 3 rings (SSSR count). The van der Waals surface area contributed by atoms with Gasteiger partial charge >= 0.3 is 0 Å². The van der Waals surface area contributed by atoms with Gasteiger partial charge in [0, 0.05) is 18.7 Å². The second kappa shape index (κ2) is 9.03. The van der Waals surface area contributed by atoms with Gasteiger partial charge in [-0.2, -0.15) is 0 Å².